The van der Waals surface area contributed by atoms with Gasteiger partial charge >= 0.3 is 0 Å². The molecule has 0 spiro atoms. The topological polar surface area (TPSA) is 23.8 Å². The third-order valence-corrected chi connectivity index (χ3v) is 4.27. The number of nitrogens with zero attached hydrogens (tertiary/aromatic N) is 1. The molecular weight excluding hydrogens is 182 g/mol. The van der Waals surface area contributed by atoms with Crippen LogP contribution in [0.3, 0.4) is 0 Å². The van der Waals surface area contributed by atoms with Gasteiger partial charge in [0, 0.05) is 5.92 Å². The van der Waals surface area contributed by atoms with Crippen LogP contribution in [0.25, 0.3) is 0 Å². The Hall–Kier alpha value is -1.29. The number of benzene rings is 1. The Balaban J connectivity index is 2.01. The number of aryl methyl sites for hydroxylation is 1. The Morgan fingerprint density at radius 2 is 2.07 bits per heavy atom. The molecule has 1 nitrogen and oxygen atoms in total. The van der Waals surface area contributed by atoms with Gasteiger partial charge < -0.3 is 0 Å². The van der Waals surface area contributed by atoms with E-state index in [4.69, 9.17) is 0 Å². The molecule has 0 amide bonds. The molecule has 0 aromatic heterocycles. The second kappa shape index (κ2) is 3.10. The normalized spacial score (nSPS) is 26.5. The monoisotopic (exact) mass is 197 g/mol. The lowest BCUT2D eigenvalue weighted by Crippen LogP contribution is -2.33. The maximum Gasteiger partial charge on any atom is 0.0696 e. The zero-order valence-electron chi connectivity index (χ0n) is 8.87. The molecule has 1 unspecified atom stereocenters. The number of hydrogen-bond acceptors (Lipinski definition) is 1. The van der Waals surface area contributed by atoms with Gasteiger partial charge in [-0.25, -0.2) is 0 Å². The summed E-state index contributed by atoms with van der Waals surface area (Å²) in [5.74, 6) is 0.521. The van der Waals surface area contributed by atoms with Gasteiger partial charge in [0.2, 0.25) is 0 Å². The second-order valence-corrected chi connectivity index (χ2v) is 4.91. The van der Waals surface area contributed by atoms with E-state index in [1.807, 2.05) is 0 Å². The first kappa shape index (κ1) is 8.97. The number of hydrogen-bond donors (Lipinski definition) is 0. The summed E-state index contributed by atoms with van der Waals surface area (Å²) in [5, 5.41) is 9.37. The molecule has 1 heteroatoms. The van der Waals surface area contributed by atoms with E-state index in [1.54, 1.807) is 0 Å². The van der Waals surface area contributed by atoms with Crippen molar-refractivity contribution >= 4 is 0 Å². The van der Waals surface area contributed by atoms with Crippen molar-refractivity contribution in [2.24, 2.45) is 5.41 Å². The highest BCUT2D eigenvalue weighted by Crippen LogP contribution is 2.55. The molecule has 1 aromatic carbocycles. The van der Waals surface area contributed by atoms with E-state index in [-0.39, 0.29) is 5.41 Å². The molecule has 0 radical (unpaired) electrons. The molecule has 0 heterocycles. The fraction of sp³-hybridized carbons (Fsp3) is 0.500. The molecule has 76 valence electrons. The highest BCUT2D eigenvalue weighted by Gasteiger charge is 2.47. The SMILES string of the molecule is N#CC1(C2CCc3ccccc32)CCC1. The van der Waals surface area contributed by atoms with Crippen molar-refractivity contribution in [2.75, 3.05) is 0 Å². The standard InChI is InChI=1S/C14H15N/c15-10-14(8-3-9-14)13-7-6-11-4-1-2-5-12(11)13/h1-2,4-5,13H,3,6-9H2. The van der Waals surface area contributed by atoms with E-state index in [1.165, 1.54) is 30.4 Å². The summed E-state index contributed by atoms with van der Waals surface area (Å²) in [4.78, 5) is 0. The summed E-state index contributed by atoms with van der Waals surface area (Å²) in [6.07, 6.45) is 5.83. The molecule has 0 bridgehead atoms. The first-order chi connectivity index (χ1) is 7.36. The molecule has 2 aliphatic carbocycles. The van der Waals surface area contributed by atoms with Crippen molar-refractivity contribution in [3.63, 3.8) is 0 Å². The average molecular weight is 197 g/mol. The lowest BCUT2D eigenvalue weighted by atomic mass is 9.60. The average Bonchev–Trinajstić information content (AvgIpc) is 2.62. The summed E-state index contributed by atoms with van der Waals surface area (Å²) in [6.45, 7) is 0. The Bertz CT molecular complexity index is 423. The molecule has 2 aliphatic rings. The van der Waals surface area contributed by atoms with E-state index >= 15 is 0 Å². The molecule has 1 saturated carbocycles. The molecule has 1 aromatic rings. The van der Waals surface area contributed by atoms with Crippen LogP contribution < -0.4 is 0 Å². The van der Waals surface area contributed by atoms with E-state index in [9.17, 15) is 5.26 Å². The van der Waals surface area contributed by atoms with Crippen LogP contribution in [0.4, 0.5) is 0 Å². The van der Waals surface area contributed by atoms with Crippen LogP contribution in [0.1, 0.15) is 42.7 Å². The van der Waals surface area contributed by atoms with E-state index in [2.05, 4.69) is 30.3 Å². The van der Waals surface area contributed by atoms with Crippen LogP contribution in [0.5, 0.6) is 0 Å². The van der Waals surface area contributed by atoms with Crippen LogP contribution in [0, 0.1) is 16.7 Å². The van der Waals surface area contributed by atoms with Crippen molar-refractivity contribution in [2.45, 2.75) is 38.0 Å². The second-order valence-electron chi connectivity index (χ2n) is 4.91. The Labute approximate surface area is 90.7 Å². The van der Waals surface area contributed by atoms with Crippen molar-refractivity contribution in [1.29, 1.82) is 5.26 Å². The predicted octanol–water partition coefficient (Wildman–Crippen LogP) is 3.41. The van der Waals surface area contributed by atoms with Crippen molar-refractivity contribution in [1.82, 2.24) is 0 Å². The van der Waals surface area contributed by atoms with Gasteiger partial charge in [0.25, 0.3) is 0 Å². The molecule has 3 rings (SSSR count). The Morgan fingerprint density at radius 3 is 2.73 bits per heavy atom. The molecule has 0 N–H and O–H groups in total. The number of nitriles is 1. The fourth-order valence-electron chi connectivity index (χ4n) is 3.23. The summed E-state index contributed by atoms with van der Waals surface area (Å²) < 4.78 is 0. The van der Waals surface area contributed by atoms with Crippen LogP contribution in [-0.2, 0) is 6.42 Å². The largest absolute Gasteiger partial charge is 0.198 e. The van der Waals surface area contributed by atoms with E-state index in [0.717, 1.165) is 12.8 Å². The Morgan fingerprint density at radius 1 is 1.27 bits per heavy atom. The van der Waals surface area contributed by atoms with Gasteiger partial charge in [0.15, 0.2) is 0 Å². The van der Waals surface area contributed by atoms with E-state index < -0.39 is 0 Å². The smallest absolute Gasteiger partial charge is 0.0696 e. The molecular formula is C14H15N. The van der Waals surface area contributed by atoms with Gasteiger partial charge in [-0.2, -0.15) is 5.26 Å². The first-order valence-corrected chi connectivity index (χ1v) is 5.85. The van der Waals surface area contributed by atoms with Crippen LogP contribution in [-0.4, -0.2) is 0 Å². The summed E-state index contributed by atoms with van der Waals surface area (Å²) in [6, 6.07) is 11.3. The van der Waals surface area contributed by atoms with Crippen LogP contribution in [0.15, 0.2) is 24.3 Å². The van der Waals surface area contributed by atoms with Crippen LogP contribution in [0.2, 0.25) is 0 Å². The molecule has 1 fully saturated rings. The zero-order chi connectivity index (χ0) is 10.3. The van der Waals surface area contributed by atoms with Crippen molar-refractivity contribution in [3.8, 4) is 6.07 Å². The fourth-order valence-corrected chi connectivity index (χ4v) is 3.23. The minimum Gasteiger partial charge on any atom is -0.198 e. The summed E-state index contributed by atoms with van der Waals surface area (Å²) in [5.41, 5.74) is 2.93. The van der Waals surface area contributed by atoms with Crippen molar-refractivity contribution < 1.29 is 0 Å². The third-order valence-electron chi connectivity index (χ3n) is 4.27. The quantitative estimate of drug-likeness (QED) is 0.676. The van der Waals surface area contributed by atoms with Crippen molar-refractivity contribution in [3.05, 3.63) is 35.4 Å². The summed E-state index contributed by atoms with van der Waals surface area (Å²) >= 11 is 0. The molecule has 15 heavy (non-hydrogen) atoms. The third kappa shape index (κ3) is 1.14. The molecule has 1 atom stereocenters. The highest BCUT2D eigenvalue weighted by atomic mass is 14.5. The van der Waals surface area contributed by atoms with Gasteiger partial charge in [0.05, 0.1) is 11.5 Å². The minimum absolute atomic E-state index is 0.00734. The maximum atomic E-state index is 9.37. The lowest BCUT2D eigenvalue weighted by Gasteiger charge is -2.41. The van der Waals surface area contributed by atoms with Crippen LogP contribution >= 0.6 is 0 Å². The van der Waals surface area contributed by atoms with Gasteiger partial charge in [-0.15, -0.1) is 0 Å². The predicted molar refractivity (Wildman–Crippen MR) is 59.4 cm³/mol. The first-order valence-electron chi connectivity index (χ1n) is 5.85. The zero-order valence-corrected chi connectivity index (χ0v) is 8.87. The van der Waals surface area contributed by atoms with Gasteiger partial charge in [0.1, 0.15) is 0 Å². The van der Waals surface area contributed by atoms with E-state index in [0.29, 0.717) is 5.92 Å². The van der Waals surface area contributed by atoms with Gasteiger partial charge in [-0.05, 0) is 36.8 Å². The molecule has 0 aliphatic heterocycles. The molecule has 0 saturated heterocycles. The summed E-state index contributed by atoms with van der Waals surface area (Å²) in [7, 11) is 0. The van der Waals surface area contributed by atoms with Gasteiger partial charge in [-0.1, -0.05) is 30.7 Å². The lowest BCUT2D eigenvalue weighted by molar-refractivity contribution is 0.166. The Kier molecular flexibility index (Phi) is 1.85. The number of rotatable bonds is 1. The number of fused-ring (bicyclic) bond motifs is 1. The highest BCUT2D eigenvalue weighted by molar-refractivity contribution is 5.38. The minimum atomic E-state index is -0.00734. The van der Waals surface area contributed by atoms with Gasteiger partial charge in [-0.3, -0.25) is 0 Å². The maximum absolute atomic E-state index is 9.37.